The molecule has 0 aliphatic carbocycles. The van der Waals surface area contributed by atoms with E-state index in [2.05, 4.69) is 22.1 Å². The average molecular weight is 350 g/mol. The van der Waals surface area contributed by atoms with E-state index < -0.39 is 0 Å². The third kappa shape index (κ3) is 3.75. The highest BCUT2D eigenvalue weighted by Gasteiger charge is 2.16. The summed E-state index contributed by atoms with van der Waals surface area (Å²) < 4.78 is 1.82. The molecule has 1 heterocycles. The van der Waals surface area contributed by atoms with Crippen LogP contribution in [0.15, 0.2) is 77.5 Å². The van der Waals surface area contributed by atoms with E-state index in [0.29, 0.717) is 18.8 Å². The van der Waals surface area contributed by atoms with E-state index in [-0.39, 0.29) is 11.0 Å². The summed E-state index contributed by atoms with van der Waals surface area (Å²) in [6.07, 6.45) is 1.69. The molecular weight excluding hydrogens is 332 g/mol. The number of rotatable bonds is 5. The summed E-state index contributed by atoms with van der Waals surface area (Å²) in [4.78, 5) is 0. The predicted octanol–water partition coefficient (Wildman–Crippen LogP) is 4.54. The second-order valence-electron chi connectivity index (χ2n) is 5.44. The Morgan fingerprint density at radius 3 is 2.64 bits per heavy atom. The average Bonchev–Trinajstić information content (AvgIpc) is 2.91. The minimum absolute atomic E-state index is 0.0697. The zero-order valence-corrected chi connectivity index (χ0v) is 14.4. The van der Waals surface area contributed by atoms with E-state index in [1.54, 1.807) is 6.08 Å². The van der Waals surface area contributed by atoms with Gasteiger partial charge in [-0.25, -0.2) is 0 Å². The number of benzene rings is 2. The van der Waals surface area contributed by atoms with Crippen LogP contribution < -0.4 is 5.32 Å². The van der Waals surface area contributed by atoms with Gasteiger partial charge in [0.25, 0.3) is 0 Å². The number of hydrogen-bond acceptors (Lipinski definition) is 3. The lowest BCUT2D eigenvalue weighted by Crippen LogP contribution is -2.18. The normalized spacial score (nSPS) is 11.0. The van der Waals surface area contributed by atoms with Crippen molar-refractivity contribution >= 4 is 33.9 Å². The van der Waals surface area contributed by atoms with Gasteiger partial charge in [-0.05, 0) is 23.8 Å². The van der Waals surface area contributed by atoms with Crippen LogP contribution in [0, 0.1) is 0 Å². The summed E-state index contributed by atoms with van der Waals surface area (Å²) in [7, 11) is 0. The van der Waals surface area contributed by atoms with Crippen molar-refractivity contribution in [2.75, 3.05) is 6.54 Å². The number of aromatic hydroxyl groups is 1. The van der Waals surface area contributed by atoms with Crippen molar-refractivity contribution in [1.82, 2.24) is 9.88 Å². The summed E-state index contributed by atoms with van der Waals surface area (Å²) in [5.74, 6) is 0.0697. The first-order chi connectivity index (χ1) is 12.2. The summed E-state index contributed by atoms with van der Waals surface area (Å²) >= 11 is 5.09. The molecule has 0 atom stereocenters. The Morgan fingerprint density at radius 2 is 1.88 bits per heavy atom. The first-order valence-electron chi connectivity index (χ1n) is 7.85. The Bertz CT molecular complexity index is 931. The molecule has 5 nitrogen and oxygen atoms in total. The molecule has 0 saturated heterocycles. The van der Waals surface area contributed by atoms with Gasteiger partial charge in [-0.1, -0.05) is 54.6 Å². The molecule has 0 fully saturated rings. The molecule has 3 rings (SSSR count). The molecule has 0 unspecified atom stereocenters. The van der Waals surface area contributed by atoms with Gasteiger partial charge in [0.1, 0.15) is 0 Å². The topological polar surface area (TPSA) is 61.9 Å². The number of azo groups is 1. The molecule has 0 amide bonds. The van der Waals surface area contributed by atoms with Gasteiger partial charge < -0.3 is 15.0 Å². The third-order valence-corrected chi connectivity index (χ3v) is 3.97. The summed E-state index contributed by atoms with van der Waals surface area (Å²) in [6.45, 7) is 4.67. The van der Waals surface area contributed by atoms with Gasteiger partial charge in [0.15, 0.2) is 5.69 Å². The lowest BCUT2D eigenvalue weighted by Gasteiger charge is -2.06. The van der Waals surface area contributed by atoms with E-state index >= 15 is 0 Å². The van der Waals surface area contributed by atoms with Gasteiger partial charge in [-0.2, -0.15) is 0 Å². The van der Waals surface area contributed by atoms with Gasteiger partial charge in [0, 0.05) is 11.9 Å². The SMILES string of the molecule is C=CCNC(=S)N=Nc1c(O)n(Cc2ccccc2)c2ccccc12. The molecule has 0 aliphatic heterocycles. The van der Waals surface area contributed by atoms with Crippen LogP contribution >= 0.6 is 12.2 Å². The highest BCUT2D eigenvalue weighted by molar-refractivity contribution is 7.80. The first kappa shape index (κ1) is 16.9. The van der Waals surface area contributed by atoms with E-state index in [1.165, 1.54) is 0 Å². The fraction of sp³-hybridized carbons (Fsp3) is 0.105. The van der Waals surface area contributed by atoms with Crippen LogP contribution in [0.5, 0.6) is 5.88 Å². The van der Waals surface area contributed by atoms with Crippen molar-refractivity contribution < 1.29 is 5.11 Å². The molecule has 2 N–H and O–H groups in total. The monoisotopic (exact) mass is 350 g/mol. The Hall–Kier alpha value is -2.99. The van der Waals surface area contributed by atoms with E-state index in [4.69, 9.17) is 12.2 Å². The summed E-state index contributed by atoms with van der Waals surface area (Å²) in [5, 5.41) is 22.8. The van der Waals surface area contributed by atoms with E-state index in [9.17, 15) is 5.11 Å². The highest BCUT2D eigenvalue weighted by Crippen LogP contribution is 2.39. The van der Waals surface area contributed by atoms with Crippen molar-refractivity contribution in [2.45, 2.75) is 6.54 Å². The molecule has 2 aromatic carbocycles. The Balaban J connectivity index is 1.99. The first-order valence-corrected chi connectivity index (χ1v) is 8.26. The molecule has 126 valence electrons. The quantitative estimate of drug-likeness (QED) is 0.403. The fourth-order valence-corrected chi connectivity index (χ4v) is 2.71. The van der Waals surface area contributed by atoms with Crippen LogP contribution in [0.3, 0.4) is 0 Å². The number of para-hydroxylation sites is 1. The lowest BCUT2D eigenvalue weighted by atomic mass is 10.2. The number of aromatic nitrogens is 1. The zero-order valence-electron chi connectivity index (χ0n) is 13.6. The van der Waals surface area contributed by atoms with E-state index in [1.807, 2.05) is 59.2 Å². The summed E-state index contributed by atoms with van der Waals surface area (Å²) in [5.41, 5.74) is 2.39. The second-order valence-corrected chi connectivity index (χ2v) is 5.82. The smallest absolute Gasteiger partial charge is 0.221 e. The molecule has 0 spiro atoms. The van der Waals surface area contributed by atoms with E-state index in [0.717, 1.165) is 16.5 Å². The van der Waals surface area contributed by atoms with Crippen LogP contribution in [0.4, 0.5) is 5.69 Å². The molecule has 0 saturated carbocycles. The van der Waals surface area contributed by atoms with Crippen molar-refractivity contribution in [3.8, 4) is 5.88 Å². The van der Waals surface area contributed by atoms with Gasteiger partial charge in [-0.15, -0.1) is 16.8 Å². The minimum atomic E-state index is 0.0697. The van der Waals surface area contributed by atoms with Gasteiger partial charge >= 0.3 is 0 Å². The third-order valence-electron chi connectivity index (χ3n) is 3.74. The summed E-state index contributed by atoms with van der Waals surface area (Å²) in [6, 6.07) is 17.6. The Kier molecular flexibility index (Phi) is 5.20. The highest BCUT2D eigenvalue weighted by atomic mass is 32.1. The van der Waals surface area contributed by atoms with Crippen molar-refractivity contribution in [2.24, 2.45) is 10.2 Å². The minimum Gasteiger partial charge on any atom is -0.493 e. The van der Waals surface area contributed by atoms with Gasteiger partial charge in [-0.3, -0.25) is 0 Å². The largest absolute Gasteiger partial charge is 0.493 e. The predicted molar refractivity (Wildman–Crippen MR) is 104 cm³/mol. The number of hydrogen-bond donors (Lipinski definition) is 2. The van der Waals surface area contributed by atoms with Gasteiger partial charge in [0.2, 0.25) is 11.0 Å². The van der Waals surface area contributed by atoms with Crippen LogP contribution in [0.25, 0.3) is 10.9 Å². The fourth-order valence-electron chi connectivity index (χ4n) is 2.59. The lowest BCUT2D eigenvalue weighted by molar-refractivity contribution is 0.429. The Morgan fingerprint density at radius 1 is 1.16 bits per heavy atom. The molecule has 0 bridgehead atoms. The molecule has 6 heteroatoms. The molecule has 0 aliphatic rings. The molecule has 0 radical (unpaired) electrons. The second kappa shape index (κ2) is 7.72. The van der Waals surface area contributed by atoms with Crippen molar-refractivity contribution in [1.29, 1.82) is 0 Å². The van der Waals surface area contributed by atoms with Crippen LogP contribution in [0.2, 0.25) is 0 Å². The zero-order chi connectivity index (χ0) is 17.6. The maximum atomic E-state index is 10.7. The molecule has 1 aromatic heterocycles. The van der Waals surface area contributed by atoms with Crippen LogP contribution in [-0.2, 0) is 6.54 Å². The standard InChI is InChI=1S/C19H18N4OS/c1-2-12-20-19(25)22-21-17-15-10-6-7-11-16(15)23(18(17)24)13-14-8-4-3-5-9-14/h2-11,24H,1,12-13H2,(H,20,25). The molecular formula is C19H18N4OS. The number of nitrogens with one attached hydrogen (secondary N) is 1. The van der Waals surface area contributed by atoms with Crippen molar-refractivity contribution in [3.05, 3.63) is 72.8 Å². The number of fused-ring (bicyclic) bond motifs is 1. The van der Waals surface area contributed by atoms with Crippen molar-refractivity contribution in [3.63, 3.8) is 0 Å². The van der Waals surface area contributed by atoms with Crippen LogP contribution in [0.1, 0.15) is 5.56 Å². The maximum Gasteiger partial charge on any atom is 0.221 e. The van der Waals surface area contributed by atoms with Gasteiger partial charge in [0.05, 0.1) is 12.1 Å². The number of thiocarbonyl (C=S) groups is 1. The maximum absolute atomic E-state index is 10.7. The Labute approximate surface area is 151 Å². The molecule has 3 aromatic rings. The number of nitrogens with zero attached hydrogens (tertiary/aromatic N) is 3. The molecule has 25 heavy (non-hydrogen) atoms. The van der Waals surface area contributed by atoms with Crippen LogP contribution in [-0.4, -0.2) is 21.3 Å².